The molecule has 3 nitrogen and oxygen atoms in total. The molecule has 1 saturated heterocycles. The maximum Gasteiger partial charge on any atom is 0.220 e. The highest BCUT2D eigenvalue weighted by Gasteiger charge is 2.20. The van der Waals surface area contributed by atoms with Crippen molar-refractivity contribution in [2.75, 3.05) is 20.1 Å². The van der Waals surface area contributed by atoms with Gasteiger partial charge in [-0.25, -0.2) is 0 Å². The van der Waals surface area contributed by atoms with Gasteiger partial charge in [0.05, 0.1) is 0 Å². The highest BCUT2D eigenvalue weighted by Crippen LogP contribution is 2.23. The Balaban J connectivity index is 2.26. The SMILES string of the molecule is CC(CC1CCN(C)CC1)C(N)=O. The van der Waals surface area contributed by atoms with Gasteiger partial charge in [0.25, 0.3) is 0 Å². The van der Waals surface area contributed by atoms with E-state index in [2.05, 4.69) is 11.9 Å². The van der Waals surface area contributed by atoms with Gasteiger partial charge in [-0.2, -0.15) is 0 Å². The Hall–Kier alpha value is -0.570. The third-order valence-electron chi connectivity index (χ3n) is 3.01. The number of hydrogen-bond donors (Lipinski definition) is 1. The topological polar surface area (TPSA) is 46.3 Å². The van der Waals surface area contributed by atoms with Gasteiger partial charge in [0.2, 0.25) is 5.91 Å². The number of amides is 1. The summed E-state index contributed by atoms with van der Waals surface area (Å²) < 4.78 is 0. The second-order valence-corrected chi connectivity index (χ2v) is 4.29. The Kier molecular flexibility index (Phi) is 3.72. The third kappa shape index (κ3) is 3.35. The molecule has 0 aliphatic carbocycles. The van der Waals surface area contributed by atoms with Crippen molar-refractivity contribution < 1.29 is 4.79 Å². The maximum atomic E-state index is 10.8. The van der Waals surface area contributed by atoms with Crippen molar-refractivity contribution in [2.24, 2.45) is 17.6 Å². The van der Waals surface area contributed by atoms with E-state index >= 15 is 0 Å². The minimum atomic E-state index is -0.154. The predicted molar refractivity (Wildman–Crippen MR) is 53.2 cm³/mol. The lowest BCUT2D eigenvalue weighted by atomic mass is 9.88. The maximum absolute atomic E-state index is 10.8. The molecule has 0 radical (unpaired) electrons. The summed E-state index contributed by atoms with van der Waals surface area (Å²) in [6, 6.07) is 0. The molecular weight excluding hydrogens is 164 g/mol. The van der Waals surface area contributed by atoms with Gasteiger partial charge in [-0.15, -0.1) is 0 Å². The van der Waals surface area contributed by atoms with Gasteiger partial charge in [0.15, 0.2) is 0 Å². The van der Waals surface area contributed by atoms with Crippen LogP contribution in [0.5, 0.6) is 0 Å². The quantitative estimate of drug-likeness (QED) is 0.706. The molecule has 1 amide bonds. The first-order chi connectivity index (χ1) is 6.09. The van der Waals surface area contributed by atoms with E-state index in [0.29, 0.717) is 5.92 Å². The van der Waals surface area contributed by atoms with Crippen molar-refractivity contribution in [2.45, 2.75) is 26.2 Å². The molecule has 1 unspecified atom stereocenters. The molecule has 13 heavy (non-hydrogen) atoms. The third-order valence-corrected chi connectivity index (χ3v) is 3.01. The minimum absolute atomic E-state index is 0.0495. The molecule has 0 bridgehead atoms. The lowest BCUT2D eigenvalue weighted by molar-refractivity contribution is -0.121. The van der Waals surface area contributed by atoms with E-state index < -0.39 is 0 Å². The van der Waals surface area contributed by atoms with Gasteiger partial charge in [-0.05, 0) is 45.3 Å². The summed E-state index contributed by atoms with van der Waals surface area (Å²) in [7, 11) is 2.15. The Morgan fingerprint density at radius 1 is 1.54 bits per heavy atom. The van der Waals surface area contributed by atoms with E-state index in [4.69, 9.17) is 5.73 Å². The molecule has 3 heteroatoms. The van der Waals surface area contributed by atoms with Gasteiger partial charge in [0, 0.05) is 5.92 Å². The smallest absolute Gasteiger partial charge is 0.220 e. The summed E-state index contributed by atoms with van der Waals surface area (Å²) in [6.07, 6.45) is 3.41. The van der Waals surface area contributed by atoms with E-state index in [9.17, 15) is 4.79 Å². The van der Waals surface area contributed by atoms with Crippen molar-refractivity contribution in [1.82, 2.24) is 4.90 Å². The number of nitrogens with zero attached hydrogens (tertiary/aromatic N) is 1. The fraction of sp³-hybridized carbons (Fsp3) is 0.900. The lowest BCUT2D eigenvalue weighted by Crippen LogP contribution is -2.32. The average Bonchev–Trinajstić information content (AvgIpc) is 2.08. The summed E-state index contributed by atoms with van der Waals surface area (Å²) in [5.74, 6) is 0.603. The van der Waals surface area contributed by atoms with E-state index in [-0.39, 0.29) is 11.8 Å². The molecule has 0 aromatic rings. The molecule has 1 rings (SSSR count). The van der Waals surface area contributed by atoms with Crippen LogP contribution in [-0.2, 0) is 4.79 Å². The molecular formula is C10H20N2O. The standard InChI is InChI=1S/C10H20N2O/c1-8(10(11)13)7-9-3-5-12(2)6-4-9/h8-9H,3-7H2,1-2H3,(H2,11,13). The van der Waals surface area contributed by atoms with Crippen LogP contribution in [0.15, 0.2) is 0 Å². The highest BCUT2D eigenvalue weighted by atomic mass is 16.1. The van der Waals surface area contributed by atoms with Crippen LogP contribution < -0.4 is 5.73 Å². The van der Waals surface area contributed by atoms with Crippen molar-refractivity contribution in [3.8, 4) is 0 Å². The molecule has 1 heterocycles. The number of piperidine rings is 1. The monoisotopic (exact) mass is 184 g/mol. The van der Waals surface area contributed by atoms with Crippen LogP contribution in [0.1, 0.15) is 26.2 Å². The van der Waals surface area contributed by atoms with Crippen molar-refractivity contribution in [1.29, 1.82) is 0 Å². The number of rotatable bonds is 3. The molecule has 1 atom stereocenters. The number of likely N-dealkylation sites (tertiary alicyclic amines) is 1. The Bertz CT molecular complexity index is 174. The first-order valence-corrected chi connectivity index (χ1v) is 5.07. The van der Waals surface area contributed by atoms with Gasteiger partial charge in [-0.3, -0.25) is 4.79 Å². The van der Waals surface area contributed by atoms with Gasteiger partial charge < -0.3 is 10.6 Å². The normalized spacial score (nSPS) is 22.9. The van der Waals surface area contributed by atoms with E-state index in [1.54, 1.807) is 0 Å². The second-order valence-electron chi connectivity index (χ2n) is 4.29. The largest absolute Gasteiger partial charge is 0.369 e. The van der Waals surface area contributed by atoms with Gasteiger partial charge in [-0.1, -0.05) is 6.92 Å². The molecule has 1 aliphatic heterocycles. The fourth-order valence-electron chi connectivity index (χ4n) is 1.91. The van der Waals surface area contributed by atoms with Gasteiger partial charge >= 0.3 is 0 Å². The van der Waals surface area contributed by atoms with Gasteiger partial charge in [0.1, 0.15) is 0 Å². The fourth-order valence-corrected chi connectivity index (χ4v) is 1.91. The van der Waals surface area contributed by atoms with Crippen LogP contribution >= 0.6 is 0 Å². The van der Waals surface area contributed by atoms with Crippen LogP contribution in [0.3, 0.4) is 0 Å². The lowest BCUT2D eigenvalue weighted by Gasteiger charge is -2.29. The first-order valence-electron chi connectivity index (χ1n) is 5.07. The Morgan fingerprint density at radius 3 is 2.54 bits per heavy atom. The first kappa shape index (κ1) is 10.5. The van der Waals surface area contributed by atoms with E-state index in [1.165, 1.54) is 12.8 Å². The number of hydrogen-bond acceptors (Lipinski definition) is 2. The molecule has 1 fully saturated rings. The molecule has 1 aliphatic rings. The summed E-state index contributed by atoms with van der Waals surface area (Å²) in [4.78, 5) is 13.2. The van der Waals surface area contributed by atoms with E-state index in [1.807, 2.05) is 6.92 Å². The summed E-state index contributed by atoms with van der Waals surface area (Å²) in [5, 5.41) is 0. The second kappa shape index (κ2) is 4.61. The zero-order valence-electron chi connectivity index (χ0n) is 8.62. The Morgan fingerprint density at radius 2 is 2.08 bits per heavy atom. The number of primary amides is 1. The number of carbonyl (C=O) groups excluding carboxylic acids is 1. The summed E-state index contributed by atoms with van der Waals surface area (Å²) in [5.41, 5.74) is 5.23. The molecule has 0 spiro atoms. The van der Waals surface area contributed by atoms with Crippen LogP contribution in [0.2, 0.25) is 0 Å². The Labute approximate surface area is 80.3 Å². The molecule has 0 saturated carbocycles. The van der Waals surface area contributed by atoms with Crippen LogP contribution in [-0.4, -0.2) is 30.9 Å². The number of carbonyl (C=O) groups is 1. The van der Waals surface area contributed by atoms with Crippen LogP contribution in [0.4, 0.5) is 0 Å². The zero-order chi connectivity index (χ0) is 9.84. The van der Waals surface area contributed by atoms with Crippen molar-refractivity contribution >= 4 is 5.91 Å². The predicted octanol–water partition coefficient (Wildman–Crippen LogP) is 0.840. The van der Waals surface area contributed by atoms with E-state index in [0.717, 1.165) is 19.5 Å². The van der Waals surface area contributed by atoms with Crippen LogP contribution in [0.25, 0.3) is 0 Å². The highest BCUT2D eigenvalue weighted by molar-refractivity contribution is 5.76. The zero-order valence-corrected chi connectivity index (χ0v) is 8.62. The summed E-state index contributed by atoms with van der Waals surface area (Å²) >= 11 is 0. The molecule has 0 aromatic heterocycles. The minimum Gasteiger partial charge on any atom is -0.369 e. The molecule has 0 aromatic carbocycles. The van der Waals surface area contributed by atoms with Crippen molar-refractivity contribution in [3.63, 3.8) is 0 Å². The van der Waals surface area contributed by atoms with Crippen LogP contribution in [0, 0.1) is 11.8 Å². The molecule has 76 valence electrons. The molecule has 2 N–H and O–H groups in total. The summed E-state index contributed by atoms with van der Waals surface area (Å²) in [6.45, 7) is 4.26. The average molecular weight is 184 g/mol. The number of nitrogens with two attached hydrogens (primary N) is 1. The van der Waals surface area contributed by atoms with Crippen molar-refractivity contribution in [3.05, 3.63) is 0 Å².